The number of piperidine rings is 1. The van der Waals surface area contributed by atoms with E-state index < -0.39 is 0 Å². The largest absolute Gasteiger partial charge is 0.339 e. The van der Waals surface area contributed by atoms with Gasteiger partial charge in [0.05, 0.1) is 5.92 Å². The molecule has 2 aliphatic rings. The van der Waals surface area contributed by atoms with E-state index in [-0.39, 0.29) is 0 Å². The predicted octanol–water partition coefficient (Wildman–Crippen LogP) is 1.42. The van der Waals surface area contributed by atoms with E-state index in [0.717, 1.165) is 44.2 Å². The fourth-order valence-corrected chi connectivity index (χ4v) is 3.24. The number of nitrogens with zero attached hydrogens (tertiary/aromatic N) is 3. The van der Waals surface area contributed by atoms with Gasteiger partial charge in [-0.1, -0.05) is 12.1 Å². The first-order valence-corrected chi connectivity index (χ1v) is 7.60. The molecule has 0 radical (unpaired) electrons. The molecule has 2 unspecified atom stereocenters. The van der Waals surface area contributed by atoms with Gasteiger partial charge in [-0.25, -0.2) is 0 Å². The zero-order valence-electron chi connectivity index (χ0n) is 11.8. The van der Waals surface area contributed by atoms with Crippen LogP contribution in [-0.4, -0.2) is 47.8 Å². The first-order valence-electron chi connectivity index (χ1n) is 7.60. The van der Waals surface area contributed by atoms with Crippen LogP contribution in [0.5, 0.6) is 0 Å². The Morgan fingerprint density at radius 2 is 2.37 bits per heavy atom. The fraction of sp³-hybridized carbons (Fsp3) is 0.857. The van der Waals surface area contributed by atoms with E-state index in [1.165, 1.54) is 25.9 Å². The molecular weight excluding hydrogens is 240 g/mol. The number of hydrogen-bond donors (Lipinski definition) is 1. The summed E-state index contributed by atoms with van der Waals surface area (Å²) in [6.07, 6.45) is 4.69. The molecule has 0 amide bonds. The summed E-state index contributed by atoms with van der Waals surface area (Å²) in [4.78, 5) is 7.12. The van der Waals surface area contributed by atoms with Gasteiger partial charge in [0.2, 0.25) is 5.89 Å². The van der Waals surface area contributed by atoms with Crippen LogP contribution in [0.15, 0.2) is 4.52 Å². The summed E-state index contributed by atoms with van der Waals surface area (Å²) >= 11 is 0. The van der Waals surface area contributed by atoms with Crippen LogP contribution in [0.4, 0.5) is 0 Å². The Hall–Kier alpha value is -0.940. The van der Waals surface area contributed by atoms with Crippen LogP contribution >= 0.6 is 0 Å². The molecule has 0 bridgehead atoms. The van der Waals surface area contributed by atoms with Crippen molar-refractivity contribution in [3.05, 3.63) is 11.7 Å². The summed E-state index contributed by atoms with van der Waals surface area (Å²) in [7, 11) is 0. The molecular formula is C14H24N4O. The Morgan fingerprint density at radius 3 is 3.16 bits per heavy atom. The van der Waals surface area contributed by atoms with Gasteiger partial charge in [0.25, 0.3) is 0 Å². The van der Waals surface area contributed by atoms with E-state index in [1.807, 2.05) is 0 Å². The first-order chi connectivity index (χ1) is 9.35. The smallest absolute Gasteiger partial charge is 0.231 e. The average Bonchev–Trinajstić information content (AvgIpc) is 3.09. The van der Waals surface area contributed by atoms with Crippen molar-refractivity contribution in [2.75, 3.05) is 32.7 Å². The number of rotatable bonds is 4. The average molecular weight is 264 g/mol. The Bertz CT molecular complexity index is 400. The van der Waals surface area contributed by atoms with Crippen LogP contribution in [0.1, 0.15) is 43.8 Å². The number of hydrogen-bond acceptors (Lipinski definition) is 5. The standard InChI is InChI=1S/C14H24N4O/c1-2-18-7-3-4-11(10-18)8-13-16-14(19-17-13)12-5-6-15-9-12/h11-12,15H,2-10H2,1H3. The highest BCUT2D eigenvalue weighted by Gasteiger charge is 2.25. The highest BCUT2D eigenvalue weighted by molar-refractivity contribution is 4.99. The van der Waals surface area contributed by atoms with Gasteiger partial charge in [0.1, 0.15) is 0 Å². The van der Waals surface area contributed by atoms with Crippen molar-refractivity contribution in [1.29, 1.82) is 0 Å². The Labute approximate surface area is 114 Å². The first kappa shape index (κ1) is 13.1. The molecule has 1 N–H and O–H groups in total. The topological polar surface area (TPSA) is 54.2 Å². The third-order valence-electron chi connectivity index (χ3n) is 4.41. The summed E-state index contributed by atoms with van der Waals surface area (Å²) in [5.74, 6) is 2.87. The van der Waals surface area contributed by atoms with Gasteiger partial charge in [-0.3, -0.25) is 0 Å². The zero-order chi connectivity index (χ0) is 13.1. The normalized spacial score (nSPS) is 28.9. The third-order valence-corrected chi connectivity index (χ3v) is 4.41. The van der Waals surface area contributed by atoms with Gasteiger partial charge in [-0.05, 0) is 44.8 Å². The molecule has 2 fully saturated rings. The van der Waals surface area contributed by atoms with Crippen LogP contribution in [0.3, 0.4) is 0 Å². The second-order valence-electron chi connectivity index (χ2n) is 5.84. The maximum Gasteiger partial charge on any atom is 0.231 e. The van der Waals surface area contributed by atoms with Crippen molar-refractivity contribution >= 4 is 0 Å². The molecule has 106 valence electrons. The van der Waals surface area contributed by atoms with Crippen molar-refractivity contribution in [3.63, 3.8) is 0 Å². The maximum atomic E-state index is 5.43. The predicted molar refractivity (Wildman–Crippen MR) is 73.1 cm³/mol. The lowest BCUT2D eigenvalue weighted by atomic mass is 9.94. The van der Waals surface area contributed by atoms with Crippen LogP contribution in [0, 0.1) is 5.92 Å². The minimum absolute atomic E-state index is 0.430. The van der Waals surface area contributed by atoms with Gasteiger partial charge in [0, 0.05) is 19.5 Å². The van der Waals surface area contributed by atoms with E-state index in [0.29, 0.717) is 11.8 Å². The van der Waals surface area contributed by atoms with Crippen LogP contribution in [0.25, 0.3) is 0 Å². The van der Waals surface area contributed by atoms with Crippen LogP contribution in [0.2, 0.25) is 0 Å². The highest BCUT2D eigenvalue weighted by Crippen LogP contribution is 2.23. The molecule has 3 rings (SSSR count). The van der Waals surface area contributed by atoms with Gasteiger partial charge in [-0.15, -0.1) is 0 Å². The molecule has 2 saturated heterocycles. The minimum Gasteiger partial charge on any atom is -0.339 e. The van der Waals surface area contributed by atoms with Gasteiger partial charge in [-0.2, -0.15) is 4.98 Å². The van der Waals surface area contributed by atoms with Crippen LogP contribution < -0.4 is 5.32 Å². The maximum absolute atomic E-state index is 5.43. The lowest BCUT2D eigenvalue weighted by Crippen LogP contribution is -2.36. The van der Waals surface area contributed by atoms with Crippen molar-refractivity contribution in [3.8, 4) is 0 Å². The molecule has 1 aromatic rings. The van der Waals surface area contributed by atoms with Crippen molar-refractivity contribution in [2.45, 2.75) is 38.5 Å². The summed E-state index contributed by atoms with van der Waals surface area (Å²) < 4.78 is 5.43. The quantitative estimate of drug-likeness (QED) is 0.891. The van der Waals surface area contributed by atoms with Crippen molar-refractivity contribution in [2.24, 2.45) is 5.92 Å². The molecule has 2 atom stereocenters. The molecule has 5 heteroatoms. The molecule has 3 heterocycles. The van der Waals surface area contributed by atoms with E-state index >= 15 is 0 Å². The van der Waals surface area contributed by atoms with E-state index in [1.54, 1.807) is 0 Å². The van der Waals surface area contributed by atoms with E-state index in [4.69, 9.17) is 4.52 Å². The fourth-order valence-electron chi connectivity index (χ4n) is 3.24. The molecule has 0 spiro atoms. The van der Waals surface area contributed by atoms with Gasteiger partial charge >= 0.3 is 0 Å². The Balaban J connectivity index is 1.57. The van der Waals surface area contributed by atoms with Gasteiger partial charge < -0.3 is 14.7 Å². The monoisotopic (exact) mass is 264 g/mol. The molecule has 2 aliphatic heterocycles. The van der Waals surface area contributed by atoms with Gasteiger partial charge in [0.15, 0.2) is 5.82 Å². The zero-order valence-corrected chi connectivity index (χ0v) is 11.8. The Kier molecular flexibility index (Phi) is 4.13. The Morgan fingerprint density at radius 1 is 1.42 bits per heavy atom. The number of aromatic nitrogens is 2. The van der Waals surface area contributed by atoms with Crippen molar-refractivity contribution in [1.82, 2.24) is 20.4 Å². The van der Waals surface area contributed by atoms with E-state index in [9.17, 15) is 0 Å². The summed E-state index contributed by atoms with van der Waals surface area (Å²) in [5.41, 5.74) is 0. The number of likely N-dealkylation sites (tertiary alicyclic amines) is 1. The third kappa shape index (κ3) is 3.15. The lowest BCUT2D eigenvalue weighted by Gasteiger charge is -2.31. The summed E-state index contributed by atoms with van der Waals surface area (Å²) in [6, 6.07) is 0. The molecule has 0 aromatic carbocycles. The second kappa shape index (κ2) is 6.01. The SMILES string of the molecule is CCN1CCCC(Cc2noc(C3CCNC3)n2)C1. The van der Waals surface area contributed by atoms with Crippen molar-refractivity contribution < 1.29 is 4.52 Å². The highest BCUT2D eigenvalue weighted by atomic mass is 16.5. The summed E-state index contributed by atoms with van der Waals surface area (Å²) in [6.45, 7) is 7.87. The number of nitrogens with one attached hydrogen (secondary N) is 1. The molecule has 19 heavy (non-hydrogen) atoms. The molecule has 1 aromatic heterocycles. The molecule has 5 nitrogen and oxygen atoms in total. The van der Waals surface area contributed by atoms with Crippen LogP contribution in [-0.2, 0) is 6.42 Å². The summed E-state index contributed by atoms with van der Waals surface area (Å²) in [5, 5.41) is 7.51. The second-order valence-corrected chi connectivity index (χ2v) is 5.84. The van der Waals surface area contributed by atoms with E-state index in [2.05, 4.69) is 27.3 Å². The molecule has 0 saturated carbocycles. The molecule has 0 aliphatic carbocycles. The minimum atomic E-state index is 0.430. The lowest BCUT2D eigenvalue weighted by molar-refractivity contribution is 0.180.